The van der Waals surface area contributed by atoms with Crippen LogP contribution >= 0.6 is 0 Å². The molecule has 170 valence electrons. The standard InChI is InChI=1S/C29H33N3O/c33-29(28-14-8-7-13-27(28)23-9-3-1-4-10-23)30-24-15-17-26(18-16-24)32-21-19-31(20-22-32)25-11-5-2-6-12-25/h2,5-8,11-18,23H,1,3-4,9-10,19-22H2,(H,30,33). The van der Waals surface area contributed by atoms with Gasteiger partial charge in [0.15, 0.2) is 0 Å². The zero-order chi connectivity index (χ0) is 22.5. The van der Waals surface area contributed by atoms with E-state index in [1.165, 1.54) is 49.0 Å². The highest BCUT2D eigenvalue weighted by molar-refractivity contribution is 6.05. The molecule has 0 bridgehead atoms. The van der Waals surface area contributed by atoms with Gasteiger partial charge in [0.2, 0.25) is 0 Å². The molecular formula is C29H33N3O. The molecule has 3 aromatic carbocycles. The number of piperazine rings is 1. The average Bonchev–Trinajstić information content (AvgIpc) is 2.90. The summed E-state index contributed by atoms with van der Waals surface area (Å²) in [6.45, 7) is 4.02. The maximum Gasteiger partial charge on any atom is 0.255 e. The second-order valence-electron chi connectivity index (χ2n) is 9.23. The van der Waals surface area contributed by atoms with Gasteiger partial charge >= 0.3 is 0 Å². The lowest BCUT2D eigenvalue weighted by atomic mass is 9.82. The number of hydrogen-bond acceptors (Lipinski definition) is 3. The zero-order valence-corrected chi connectivity index (χ0v) is 19.2. The molecule has 2 fully saturated rings. The van der Waals surface area contributed by atoms with Crippen LogP contribution in [0.3, 0.4) is 0 Å². The van der Waals surface area contributed by atoms with E-state index in [-0.39, 0.29) is 5.91 Å². The molecule has 0 unspecified atom stereocenters. The molecule has 0 atom stereocenters. The van der Waals surface area contributed by atoms with Gasteiger partial charge in [-0.1, -0.05) is 55.7 Å². The third-order valence-electron chi connectivity index (χ3n) is 7.14. The van der Waals surface area contributed by atoms with Crippen molar-refractivity contribution in [2.24, 2.45) is 0 Å². The summed E-state index contributed by atoms with van der Waals surface area (Å²) in [7, 11) is 0. The highest BCUT2D eigenvalue weighted by Gasteiger charge is 2.21. The molecule has 1 N–H and O–H groups in total. The second kappa shape index (κ2) is 10.1. The van der Waals surface area contributed by atoms with E-state index in [2.05, 4.69) is 69.7 Å². The van der Waals surface area contributed by atoms with Gasteiger partial charge in [-0.15, -0.1) is 0 Å². The lowest BCUT2D eigenvalue weighted by Gasteiger charge is -2.37. The number of nitrogens with one attached hydrogen (secondary N) is 1. The quantitative estimate of drug-likeness (QED) is 0.506. The Hall–Kier alpha value is -3.27. The normalized spacial score (nSPS) is 17.1. The number of benzene rings is 3. The van der Waals surface area contributed by atoms with E-state index in [4.69, 9.17) is 0 Å². The topological polar surface area (TPSA) is 35.6 Å². The van der Waals surface area contributed by atoms with Gasteiger partial charge in [0.05, 0.1) is 0 Å². The van der Waals surface area contributed by atoms with E-state index in [1.807, 2.05) is 24.3 Å². The third-order valence-corrected chi connectivity index (χ3v) is 7.14. The fourth-order valence-electron chi connectivity index (χ4n) is 5.29. The van der Waals surface area contributed by atoms with Crippen LogP contribution in [0.2, 0.25) is 0 Å². The Balaban J connectivity index is 1.21. The van der Waals surface area contributed by atoms with Gasteiger partial charge in [-0.05, 0) is 66.8 Å². The fraction of sp³-hybridized carbons (Fsp3) is 0.345. The predicted molar refractivity (Wildman–Crippen MR) is 138 cm³/mol. The number of hydrogen-bond donors (Lipinski definition) is 1. The highest BCUT2D eigenvalue weighted by Crippen LogP contribution is 2.34. The largest absolute Gasteiger partial charge is 0.368 e. The summed E-state index contributed by atoms with van der Waals surface area (Å²) in [6, 6.07) is 27.1. The van der Waals surface area contributed by atoms with Crippen LogP contribution in [0.5, 0.6) is 0 Å². The first kappa shape index (κ1) is 21.6. The number of rotatable bonds is 5. The smallest absolute Gasteiger partial charge is 0.255 e. The van der Waals surface area contributed by atoms with E-state index in [0.29, 0.717) is 5.92 Å². The lowest BCUT2D eigenvalue weighted by molar-refractivity contribution is 0.102. The van der Waals surface area contributed by atoms with Crippen molar-refractivity contribution in [2.75, 3.05) is 41.3 Å². The van der Waals surface area contributed by atoms with E-state index >= 15 is 0 Å². The number of para-hydroxylation sites is 1. The number of carbonyl (C=O) groups is 1. The summed E-state index contributed by atoms with van der Waals surface area (Å²) < 4.78 is 0. The number of nitrogens with zero attached hydrogens (tertiary/aromatic N) is 2. The van der Waals surface area contributed by atoms with Gasteiger partial charge in [0, 0.05) is 48.8 Å². The molecular weight excluding hydrogens is 406 g/mol. The lowest BCUT2D eigenvalue weighted by Crippen LogP contribution is -2.46. The van der Waals surface area contributed by atoms with Gasteiger partial charge in [0.1, 0.15) is 0 Å². The number of amides is 1. The molecule has 2 aliphatic rings. The van der Waals surface area contributed by atoms with Gasteiger partial charge in [-0.3, -0.25) is 4.79 Å². The summed E-state index contributed by atoms with van der Waals surface area (Å²) >= 11 is 0. The summed E-state index contributed by atoms with van der Waals surface area (Å²) in [5, 5.41) is 3.13. The molecule has 0 radical (unpaired) electrons. The molecule has 1 saturated carbocycles. The van der Waals surface area contributed by atoms with E-state index in [0.717, 1.165) is 37.4 Å². The molecule has 0 aromatic heterocycles. The van der Waals surface area contributed by atoms with E-state index in [1.54, 1.807) is 0 Å². The molecule has 1 heterocycles. The Morgan fingerprint density at radius 1 is 0.667 bits per heavy atom. The van der Waals surface area contributed by atoms with Gasteiger partial charge in [0.25, 0.3) is 5.91 Å². The van der Waals surface area contributed by atoms with Crippen molar-refractivity contribution in [3.05, 3.63) is 90.0 Å². The van der Waals surface area contributed by atoms with Crippen molar-refractivity contribution >= 4 is 23.0 Å². The first-order chi connectivity index (χ1) is 16.3. The molecule has 4 heteroatoms. The second-order valence-corrected chi connectivity index (χ2v) is 9.23. The minimum atomic E-state index is 0.000369. The molecule has 1 amide bonds. The van der Waals surface area contributed by atoms with Gasteiger partial charge < -0.3 is 15.1 Å². The van der Waals surface area contributed by atoms with Crippen molar-refractivity contribution in [3.8, 4) is 0 Å². The molecule has 3 aromatic rings. The van der Waals surface area contributed by atoms with Crippen LogP contribution in [0.1, 0.15) is 53.9 Å². The SMILES string of the molecule is O=C(Nc1ccc(N2CCN(c3ccccc3)CC2)cc1)c1ccccc1C1CCCCC1. The summed E-state index contributed by atoms with van der Waals surface area (Å²) in [5.74, 6) is 0.512. The molecule has 33 heavy (non-hydrogen) atoms. The Morgan fingerprint density at radius 2 is 1.24 bits per heavy atom. The molecule has 1 aliphatic heterocycles. The predicted octanol–water partition coefficient (Wildman–Crippen LogP) is 6.31. The van der Waals surface area contributed by atoms with E-state index < -0.39 is 0 Å². The van der Waals surface area contributed by atoms with Crippen LogP contribution in [0, 0.1) is 0 Å². The first-order valence-electron chi connectivity index (χ1n) is 12.3. The third kappa shape index (κ3) is 5.05. The van der Waals surface area contributed by atoms with Crippen molar-refractivity contribution in [2.45, 2.75) is 38.0 Å². The number of anilines is 3. The van der Waals surface area contributed by atoms with Crippen molar-refractivity contribution in [3.63, 3.8) is 0 Å². The van der Waals surface area contributed by atoms with E-state index in [9.17, 15) is 4.79 Å². The van der Waals surface area contributed by atoms with Crippen LogP contribution in [-0.4, -0.2) is 32.1 Å². The van der Waals surface area contributed by atoms with Crippen molar-refractivity contribution in [1.82, 2.24) is 0 Å². The Labute approximate surface area is 197 Å². The number of carbonyl (C=O) groups excluding carboxylic acids is 1. The van der Waals surface area contributed by atoms with Crippen LogP contribution < -0.4 is 15.1 Å². The fourth-order valence-corrected chi connectivity index (χ4v) is 5.29. The molecule has 1 saturated heterocycles. The Kier molecular flexibility index (Phi) is 6.61. The van der Waals surface area contributed by atoms with Crippen LogP contribution in [0.4, 0.5) is 17.1 Å². The monoisotopic (exact) mass is 439 g/mol. The van der Waals surface area contributed by atoms with Crippen LogP contribution in [0.15, 0.2) is 78.9 Å². The summed E-state index contributed by atoms with van der Waals surface area (Å²) in [5.41, 5.74) is 5.39. The molecule has 1 aliphatic carbocycles. The zero-order valence-electron chi connectivity index (χ0n) is 19.2. The molecule has 4 nitrogen and oxygen atoms in total. The molecule has 5 rings (SSSR count). The van der Waals surface area contributed by atoms with Crippen molar-refractivity contribution in [1.29, 1.82) is 0 Å². The van der Waals surface area contributed by atoms with Gasteiger partial charge in [-0.25, -0.2) is 0 Å². The minimum Gasteiger partial charge on any atom is -0.368 e. The van der Waals surface area contributed by atoms with Crippen LogP contribution in [0.25, 0.3) is 0 Å². The maximum absolute atomic E-state index is 13.1. The maximum atomic E-state index is 13.1. The molecule has 0 spiro atoms. The summed E-state index contributed by atoms with van der Waals surface area (Å²) in [4.78, 5) is 18.0. The Morgan fingerprint density at radius 3 is 1.91 bits per heavy atom. The minimum absolute atomic E-state index is 0.000369. The highest BCUT2D eigenvalue weighted by atomic mass is 16.1. The van der Waals surface area contributed by atoms with Gasteiger partial charge in [-0.2, -0.15) is 0 Å². The first-order valence-corrected chi connectivity index (χ1v) is 12.3. The average molecular weight is 440 g/mol. The Bertz CT molecular complexity index is 1050. The van der Waals surface area contributed by atoms with Crippen LogP contribution in [-0.2, 0) is 0 Å². The summed E-state index contributed by atoms with van der Waals surface area (Å²) in [6.07, 6.45) is 6.23. The van der Waals surface area contributed by atoms with Crippen molar-refractivity contribution < 1.29 is 4.79 Å².